The lowest BCUT2D eigenvalue weighted by Crippen LogP contribution is -2.27. The molecule has 1 saturated carbocycles. The number of hydrogen-bond donors (Lipinski definition) is 0. The molecule has 1 fully saturated rings. The van der Waals surface area contributed by atoms with E-state index in [-0.39, 0.29) is 0 Å². The Morgan fingerprint density at radius 1 is 1.64 bits per heavy atom. The monoisotopic (exact) mass is 152 g/mol. The average molecular weight is 152 g/mol. The van der Waals surface area contributed by atoms with E-state index in [1.54, 1.807) is 0 Å². The third kappa shape index (κ3) is 2.07. The molecule has 0 aromatic rings. The molecule has 1 aliphatic rings. The van der Waals surface area contributed by atoms with Crippen molar-refractivity contribution < 1.29 is 0 Å². The third-order valence-electron chi connectivity index (χ3n) is 2.27. The molecule has 0 spiro atoms. The quantitative estimate of drug-likeness (QED) is 0.445. The number of hydrazone groups is 1. The summed E-state index contributed by atoms with van der Waals surface area (Å²) in [5.41, 5.74) is 0.993. The zero-order chi connectivity index (χ0) is 8.27. The van der Waals surface area contributed by atoms with E-state index in [0.717, 1.165) is 18.2 Å². The maximum atomic E-state index is 3.89. The van der Waals surface area contributed by atoms with Crippen molar-refractivity contribution >= 4 is 6.72 Å². The van der Waals surface area contributed by atoms with Crippen LogP contribution in [-0.4, -0.2) is 18.3 Å². The standard InChI is InChI=1S/C9H16N2/c1-8(2)11(10-3)7-9-5-4-6-9/h9H,1,3-7H2,2H3. The van der Waals surface area contributed by atoms with Crippen molar-refractivity contribution in [3.05, 3.63) is 12.3 Å². The Balaban J connectivity index is 2.30. The Hall–Kier alpha value is -0.790. The molecule has 0 aliphatic heterocycles. The van der Waals surface area contributed by atoms with Crippen molar-refractivity contribution in [3.8, 4) is 0 Å². The second kappa shape index (κ2) is 3.56. The minimum absolute atomic E-state index is 0.831. The molecule has 0 atom stereocenters. The van der Waals surface area contributed by atoms with Gasteiger partial charge in [-0.3, -0.25) is 5.01 Å². The molecule has 62 valence electrons. The highest BCUT2D eigenvalue weighted by Gasteiger charge is 2.19. The van der Waals surface area contributed by atoms with Gasteiger partial charge in [-0.2, -0.15) is 5.10 Å². The summed E-state index contributed by atoms with van der Waals surface area (Å²) in [6, 6.07) is 0. The first-order valence-electron chi connectivity index (χ1n) is 4.13. The summed E-state index contributed by atoms with van der Waals surface area (Å²) in [6.45, 7) is 10.3. The molecule has 0 heterocycles. The molecule has 2 heteroatoms. The molecular weight excluding hydrogens is 136 g/mol. The van der Waals surface area contributed by atoms with Gasteiger partial charge in [0.25, 0.3) is 0 Å². The van der Waals surface area contributed by atoms with Crippen LogP contribution in [0.1, 0.15) is 26.2 Å². The highest BCUT2D eigenvalue weighted by atomic mass is 15.4. The maximum absolute atomic E-state index is 3.89. The Morgan fingerprint density at radius 3 is 2.55 bits per heavy atom. The Morgan fingerprint density at radius 2 is 2.27 bits per heavy atom. The predicted octanol–water partition coefficient (Wildman–Crippen LogP) is 2.24. The van der Waals surface area contributed by atoms with E-state index >= 15 is 0 Å². The molecule has 0 unspecified atom stereocenters. The summed E-state index contributed by atoms with van der Waals surface area (Å²) in [4.78, 5) is 0. The van der Waals surface area contributed by atoms with Crippen LogP contribution in [0.2, 0.25) is 0 Å². The van der Waals surface area contributed by atoms with Crippen molar-refractivity contribution in [3.63, 3.8) is 0 Å². The molecule has 0 aromatic heterocycles. The fourth-order valence-electron chi connectivity index (χ4n) is 1.25. The first-order chi connectivity index (χ1) is 5.24. The Labute approximate surface area is 68.6 Å². The van der Waals surface area contributed by atoms with Gasteiger partial charge in [-0.15, -0.1) is 0 Å². The number of nitrogens with zero attached hydrogens (tertiary/aromatic N) is 2. The highest BCUT2D eigenvalue weighted by molar-refractivity contribution is 5.23. The molecule has 11 heavy (non-hydrogen) atoms. The van der Waals surface area contributed by atoms with E-state index in [4.69, 9.17) is 0 Å². The van der Waals surface area contributed by atoms with Crippen LogP contribution >= 0.6 is 0 Å². The summed E-state index contributed by atoms with van der Waals surface area (Å²) >= 11 is 0. The Bertz CT molecular complexity index is 159. The largest absolute Gasteiger partial charge is 0.271 e. The second-order valence-electron chi connectivity index (χ2n) is 3.26. The Kier molecular flexibility index (Phi) is 2.69. The van der Waals surface area contributed by atoms with Gasteiger partial charge < -0.3 is 0 Å². The van der Waals surface area contributed by atoms with Gasteiger partial charge in [0, 0.05) is 19.0 Å². The summed E-state index contributed by atoms with van der Waals surface area (Å²) < 4.78 is 0. The molecule has 0 bridgehead atoms. The second-order valence-corrected chi connectivity index (χ2v) is 3.26. The van der Waals surface area contributed by atoms with Gasteiger partial charge in [-0.05, 0) is 25.7 Å². The lowest BCUT2D eigenvalue weighted by molar-refractivity contribution is 0.218. The van der Waals surface area contributed by atoms with Crippen LogP contribution in [0.4, 0.5) is 0 Å². The summed E-state index contributed by atoms with van der Waals surface area (Å²) in [6.07, 6.45) is 4.07. The average Bonchev–Trinajstić information content (AvgIpc) is 1.85. The van der Waals surface area contributed by atoms with E-state index in [2.05, 4.69) is 18.4 Å². The minimum atomic E-state index is 0.831. The van der Waals surface area contributed by atoms with Crippen molar-refractivity contribution in [2.24, 2.45) is 11.0 Å². The lowest BCUT2D eigenvalue weighted by atomic mass is 9.85. The SMILES string of the molecule is C=NN(CC1CCC1)C(=C)C. The van der Waals surface area contributed by atoms with Crippen LogP contribution in [0.5, 0.6) is 0 Å². The topological polar surface area (TPSA) is 15.6 Å². The molecular formula is C9H16N2. The number of allylic oxidation sites excluding steroid dienone is 1. The van der Waals surface area contributed by atoms with Crippen LogP contribution in [0.15, 0.2) is 17.4 Å². The minimum Gasteiger partial charge on any atom is -0.271 e. The molecule has 1 aliphatic carbocycles. The zero-order valence-electron chi connectivity index (χ0n) is 7.21. The normalized spacial score (nSPS) is 17.2. The lowest BCUT2D eigenvalue weighted by Gasteiger charge is -2.30. The summed E-state index contributed by atoms with van der Waals surface area (Å²) in [5, 5.41) is 5.79. The van der Waals surface area contributed by atoms with Gasteiger partial charge >= 0.3 is 0 Å². The van der Waals surface area contributed by atoms with Crippen LogP contribution in [0.25, 0.3) is 0 Å². The van der Waals surface area contributed by atoms with Crippen LogP contribution in [0.3, 0.4) is 0 Å². The van der Waals surface area contributed by atoms with Gasteiger partial charge in [0.05, 0.1) is 0 Å². The molecule has 0 saturated heterocycles. The molecule has 0 radical (unpaired) electrons. The molecule has 2 nitrogen and oxygen atoms in total. The van der Waals surface area contributed by atoms with Gasteiger partial charge in [0.2, 0.25) is 0 Å². The summed E-state index contributed by atoms with van der Waals surface area (Å²) in [5.74, 6) is 0.831. The summed E-state index contributed by atoms with van der Waals surface area (Å²) in [7, 11) is 0. The zero-order valence-corrected chi connectivity index (χ0v) is 7.21. The number of rotatable bonds is 4. The van der Waals surface area contributed by atoms with E-state index < -0.39 is 0 Å². The first kappa shape index (κ1) is 8.31. The fraction of sp³-hybridized carbons (Fsp3) is 0.667. The molecule has 1 rings (SSSR count). The molecule has 0 aromatic carbocycles. The fourth-order valence-corrected chi connectivity index (χ4v) is 1.25. The smallest absolute Gasteiger partial charge is 0.0439 e. The van der Waals surface area contributed by atoms with Crippen molar-refractivity contribution in [1.29, 1.82) is 0 Å². The van der Waals surface area contributed by atoms with Gasteiger partial charge in [-0.25, -0.2) is 0 Å². The molecule has 0 N–H and O–H groups in total. The predicted molar refractivity (Wildman–Crippen MR) is 48.4 cm³/mol. The van der Waals surface area contributed by atoms with Crippen LogP contribution in [0, 0.1) is 5.92 Å². The van der Waals surface area contributed by atoms with Crippen molar-refractivity contribution in [2.45, 2.75) is 26.2 Å². The molecule has 0 amide bonds. The van der Waals surface area contributed by atoms with E-state index in [0.29, 0.717) is 0 Å². The van der Waals surface area contributed by atoms with Gasteiger partial charge in [0.15, 0.2) is 0 Å². The number of hydrogen-bond acceptors (Lipinski definition) is 2. The first-order valence-corrected chi connectivity index (χ1v) is 4.13. The maximum Gasteiger partial charge on any atom is 0.0439 e. The van der Waals surface area contributed by atoms with E-state index in [9.17, 15) is 0 Å². The van der Waals surface area contributed by atoms with Crippen molar-refractivity contribution in [1.82, 2.24) is 5.01 Å². The van der Waals surface area contributed by atoms with Crippen LogP contribution in [-0.2, 0) is 0 Å². The highest BCUT2D eigenvalue weighted by Crippen LogP contribution is 2.27. The van der Waals surface area contributed by atoms with Crippen LogP contribution < -0.4 is 0 Å². The third-order valence-corrected chi connectivity index (χ3v) is 2.27. The van der Waals surface area contributed by atoms with Gasteiger partial charge in [-0.1, -0.05) is 13.0 Å². The van der Waals surface area contributed by atoms with Crippen molar-refractivity contribution in [2.75, 3.05) is 6.54 Å². The van der Waals surface area contributed by atoms with E-state index in [1.165, 1.54) is 19.3 Å². The van der Waals surface area contributed by atoms with Gasteiger partial charge in [0.1, 0.15) is 0 Å². The van der Waals surface area contributed by atoms with E-state index in [1.807, 2.05) is 11.9 Å².